The molecule has 0 bridgehead atoms. The maximum atomic E-state index is 13.1. The van der Waals surface area contributed by atoms with Crippen LogP contribution < -0.4 is 5.73 Å². The lowest BCUT2D eigenvalue weighted by atomic mass is 10.1. The molecule has 1 heterocycles. The fourth-order valence-electron chi connectivity index (χ4n) is 1.66. The third-order valence-electron chi connectivity index (χ3n) is 2.64. The van der Waals surface area contributed by atoms with E-state index in [2.05, 4.69) is 10.2 Å². The van der Waals surface area contributed by atoms with E-state index in [1.54, 1.807) is 12.4 Å². The molecule has 0 radical (unpaired) electrons. The third-order valence-corrected chi connectivity index (χ3v) is 2.64. The summed E-state index contributed by atoms with van der Waals surface area (Å²) in [5.41, 5.74) is 6.16. The van der Waals surface area contributed by atoms with Crippen molar-refractivity contribution < 1.29 is 13.6 Å². The first-order chi connectivity index (χ1) is 8.99. The van der Waals surface area contributed by atoms with Gasteiger partial charge in [-0.1, -0.05) is 0 Å². The smallest absolute Gasteiger partial charge is 0.256 e. The van der Waals surface area contributed by atoms with E-state index >= 15 is 0 Å². The summed E-state index contributed by atoms with van der Waals surface area (Å²) in [6.45, 7) is 0.285. The number of amides is 1. The van der Waals surface area contributed by atoms with Crippen LogP contribution in [0.5, 0.6) is 0 Å². The van der Waals surface area contributed by atoms with Crippen LogP contribution in [-0.2, 0) is 6.54 Å². The average Bonchev–Trinajstić information content (AvgIpc) is 2.85. The highest BCUT2D eigenvalue weighted by molar-refractivity contribution is 5.98. The van der Waals surface area contributed by atoms with Crippen molar-refractivity contribution in [3.05, 3.63) is 47.3 Å². The van der Waals surface area contributed by atoms with Crippen molar-refractivity contribution >= 4 is 11.6 Å². The second-order valence-corrected chi connectivity index (χ2v) is 4.12. The molecular formula is C12H12F2N4O. The van der Waals surface area contributed by atoms with Gasteiger partial charge in [0.1, 0.15) is 0 Å². The normalized spacial score (nSPS) is 10.5. The Labute approximate surface area is 108 Å². The zero-order valence-electron chi connectivity index (χ0n) is 10.2. The summed E-state index contributed by atoms with van der Waals surface area (Å²) in [7, 11) is 1.54. The fraction of sp³-hybridized carbons (Fsp3) is 0.167. The van der Waals surface area contributed by atoms with Crippen LogP contribution in [0.4, 0.5) is 14.5 Å². The van der Waals surface area contributed by atoms with E-state index in [-0.39, 0.29) is 17.8 Å². The predicted molar refractivity (Wildman–Crippen MR) is 65.2 cm³/mol. The van der Waals surface area contributed by atoms with Crippen molar-refractivity contribution in [3.63, 3.8) is 0 Å². The van der Waals surface area contributed by atoms with Gasteiger partial charge in [-0.2, -0.15) is 5.10 Å². The Morgan fingerprint density at radius 1 is 1.42 bits per heavy atom. The molecule has 3 N–H and O–H groups in total. The molecule has 2 aromatic rings. The molecule has 0 aliphatic heterocycles. The molecule has 0 fully saturated rings. The van der Waals surface area contributed by atoms with E-state index in [0.717, 1.165) is 17.7 Å². The number of carbonyl (C=O) groups is 1. The molecule has 0 saturated carbocycles. The second-order valence-electron chi connectivity index (χ2n) is 4.12. The van der Waals surface area contributed by atoms with E-state index in [1.165, 1.54) is 11.9 Å². The maximum absolute atomic E-state index is 13.1. The van der Waals surface area contributed by atoms with E-state index in [9.17, 15) is 13.6 Å². The number of halogens is 2. The van der Waals surface area contributed by atoms with Gasteiger partial charge in [0.2, 0.25) is 0 Å². The molecule has 7 heteroatoms. The number of rotatable bonds is 3. The van der Waals surface area contributed by atoms with Crippen LogP contribution in [0.1, 0.15) is 15.9 Å². The molecule has 0 saturated heterocycles. The molecular weight excluding hydrogens is 254 g/mol. The first kappa shape index (κ1) is 13.0. The molecule has 2 rings (SSSR count). The highest BCUT2D eigenvalue weighted by Crippen LogP contribution is 2.19. The van der Waals surface area contributed by atoms with Gasteiger partial charge in [0, 0.05) is 37.1 Å². The van der Waals surface area contributed by atoms with Gasteiger partial charge in [0.05, 0.1) is 11.8 Å². The fourth-order valence-corrected chi connectivity index (χ4v) is 1.66. The van der Waals surface area contributed by atoms with Gasteiger partial charge in [0.25, 0.3) is 5.91 Å². The predicted octanol–water partition coefficient (Wildman–Crippen LogP) is 1.54. The number of benzene rings is 1. The molecule has 0 atom stereocenters. The summed E-state index contributed by atoms with van der Waals surface area (Å²) in [6.07, 6.45) is 3.21. The largest absolute Gasteiger partial charge is 0.398 e. The minimum absolute atomic E-state index is 0.0649. The van der Waals surface area contributed by atoms with Crippen molar-refractivity contribution in [2.24, 2.45) is 0 Å². The van der Waals surface area contributed by atoms with Crippen LogP contribution >= 0.6 is 0 Å². The maximum Gasteiger partial charge on any atom is 0.256 e. The molecule has 0 unspecified atom stereocenters. The van der Waals surface area contributed by atoms with Gasteiger partial charge in [-0.05, 0) is 6.07 Å². The molecule has 0 aliphatic rings. The topological polar surface area (TPSA) is 75.0 Å². The minimum atomic E-state index is -1.10. The summed E-state index contributed by atoms with van der Waals surface area (Å²) in [5, 5.41) is 6.37. The number of aromatic amines is 1. The molecule has 1 aromatic carbocycles. The van der Waals surface area contributed by atoms with Gasteiger partial charge in [-0.25, -0.2) is 8.78 Å². The number of nitrogens with one attached hydrogen (secondary N) is 1. The SMILES string of the molecule is CN(Cc1cn[nH]c1)C(=O)c1cc(F)c(F)cc1N. The number of aromatic nitrogens is 2. The molecule has 0 aliphatic carbocycles. The number of carbonyl (C=O) groups excluding carboxylic acids is 1. The van der Waals surface area contributed by atoms with Crippen molar-refractivity contribution in [3.8, 4) is 0 Å². The zero-order chi connectivity index (χ0) is 14.0. The monoisotopic (exact) mass is 266 g/mol. The van der Waals surface area contributed by atoms with Crippen LogP contribution in [0.3, 0.4) is 0 Å². The highest BCUT2D eigenvalue weighted by atomic mass is 19.2. The summed E-state index contributed by atoms with van der Waals surface area (Å²) >= 11 is 0. The van der Waals surface area contributed by atoms with Crippen molar-refractivity contribution in [1.82, 2.24) is 15.1 Å². The molecule has 5 nitrogen and oxygen atoms in total. The summed E-state index contributed by atoms with van der Waals surface area (Å²) < 4.78 is 26.1. The molecule has 19 heavy (non-hydrogen) atoms. The number of nitrogens with zero attached hydrogens (tertiary/aromatic N) is 2. The second kappa shape index (κ2) is 5.05. The van der Waals surface area contributed by atoms with Crippen LogP contribution in [0.15, 0.2) is 24.5 Å². The van der Waals surface area contributed by atoms with Crippen LogP contribution in [0.2, 0.25) is 0 Å². The number of anilines is 1. The number of hydrogen-bond acceptors (Lipinski definition) is 3. The number of H-pyrrole nitrogens is 1. The van der Waals surface area contributed by atoms with Crippen LogP contribution in [0, 0.1) is 11.6 Å². The summed E-state index contributed by atoms with van der Waals surface area (Å²) in [5.74, 6) is -2.67. The molecule has 1 aromatic heterocycles. The quantitative estimate of drug-likeness (QED) is 0.827. The van der Waals surface area contributed by atoms with Crippen LogP contribution in [0.25, 0.3) is 0 Å². The first-order valence-corrected chi connectivity index (χ1v) is 5.46. The molecule has 1 amide bonds. The molecule has 100 valence electrons. The highest BCUT2D eigenvalue weighted by Gasteiger charge is 2.18. The van der Waals surface area contributed by atoms with Crippen molar-refractivity contribution in [2.45, 2.75) is 6.54 Å². The van der Waals surface area contributed by atoms with E-state index < -0.39 is 17.5 Å². The molecule has 0 spiro atoms. The van der Waals surface area contributed by atoms with Gasteiger partial charge >= 0.3 is 0 Å². The minimum Gasteiger partial charge on any atom is -0.398 e. The Hall–Kier alpha value is -2.44. The Kier molecular flexibility index (Phi) is 3.46. The number of hydrogen-bond donors (Lipinski definition) is 2. The van der Waals surface area contributed by atoms with E-state index in [0.29, 0.717) is 0 Å². The standard InChI is InChI=1S/C12H12F2N4O/c1-18(6-7-4-16-17-5-7)12(19)8-2-9(13)10(14)3-11(8)15/h2-5H,6,15H2,1H3,(H,16,17). The zero-order valence-corrected chi connectivity index (χ0v) is 10.2. The first-order valence-electron chi connectivity index (χ1n) is 5.46. The summed E-state index contributed by atoms with van der Waals surface area (Å²) in [6, 6.07) is 1.60. The van der Waals surface area contributed by atoms with Gasteiger partial charge in [0.15, 0.2) is 11.6 Å². The number of nitrogen functional groups attached to an aromatic ring is 1. The van der Waals surface area contributed by atoms with Gasteiger partial charge in [-0.3, -0.25) is 9.89 Å². The Bertz CT molecular complexity index is 598. The summed E-state index contributed by atoms with van der Waals surface area (Å²) in [4.78, 5) is 13.4. The lowest BCUT2D eigenvalue weighted by Crippen LogP contribution is -2.27. The van der Waals surface area contributed by atoms with Gasteiger partial charge < -0.3 is 10.6 Å². The average molecular weight is 266 g/mol. The van der Waals surface area contributed by atoms with E-state index in [1.807, 2.05) is 0 Å². The van der Waals surface area contributed by atoms with Crippen molar-refractivity contribution in [2.75, 3.05) is 12.8 Å². The Morgan fingerprint density at radius 2 is 2.11 bits per heavy atom. The van der Waals surface area contributed by atoms with Gasteiger partial charge in [-0.15, -0.1) is 0 Å². The Balaban J connectivity index is 2.21. The lowest BCUT2D eigenvalue weighted by Gasteiger charge is -2.17. The van der Waals surface area contributed by atoms with E-state index in [4.69, 9.17) is 5.73 Å². The van der Waals surface area contributed by atoms with Crippen molar-refractivity contribution in [1.29, 1.82) is 0 Å². The third kappa shape index (κ3) is 2.70. The van der Waals surface area contributed by atoms with Crippen LogP contribution in [-0.4, -0.2) is 28.1 Å². The Morgan fingerprint density at radius 3 is 2.74 bits per heavy atom. The lowest BCUT2D eigenvalue weighted by molar-refractivity contribution is 0.0785. The number of nitrogens with two attached hydrogens (primary N) is 1.